The molecule has 1 rings (SSSR count). The van der Waals surface area contributed by atoms with Crippen molar-refractivity contribution in [2.75, 3.05) is 19.9 Å². The molecule has 0 aliphatic carbocycles. The van der Waals surface area contributed by atoms with Gasteiger partial charge in [0.25, 0.3) is 0 Å². The Morgan fingerprint density at radius 3 is 2.78 bits per heavy atom. The highest BCUT2D eigenvalue weighted by Gasteiger charge is 2.08. The zero-order chi connectivity index (χ0) is 13.4. The highest BCUT2D eigenvalue weighted by molar-refractivity contribution is 9.10. The van der Waals surface area contributed by atoms with E-state index in [4.69, 9.17) is 9.47 Å². The second-order valence-corrected chi connectivity index (χ2v) is 5.36. The van der Waals surface area contributed by atoms with Crippen LogP contribution in [-0.4, -0.2) is 19.9 Å². The first-order chi connectivity index (χ1) is 8.65. The van der Waals surface area contributed by atoms with Gasteiger partial charge in [0, 0.05) is 18.7 Å². The minimum atomic E-state index is 0.288. The van der Waals surface area contributed by atoms with Crippen LogP contribution in [0.1, 0.15) is 26.3 Å². The first kappa shape index (κ1) is 15.5. The lowest BCUT2D eigenvalue weighted by atomic mass is 10.2. The van der Waals surface area contributed by atoms with Gasteiger partial charge in [0.1, 0.15) is 5.75 Å². The van der Waals surface area contributed by atoms with E-state index in [0.29, 0.717) is 12.5 Å². The molecule has 0 spiro atoms. The molecular weight excluding hydrogens is 294 g/mol. The van der Waals surface area contributed by atoms with Crippen molar-refractivity contribution in [3.05, 3.63) is 28.2 Å². The molecule has 0 aromatic heterocycles. The summed E-state index contributed by atoms with van der Waals surface area (Å²) in [5.74, 6) is 1.51. The molecule has 0 amide bonds. The van der Waals surface area contributed by atoms with Crippen LogP contribution in [0.4, 0.5) is 0 Å². The number of ether oxygens (including phenoxy) is 2. The second kappa shape index (κ2) is 8.51. The van der Waals surface area contributed by atoms with Gasteiger partial charge in [0.05, 0.1) is 4.47 Å². The smallest absolute Gasteiger partial charge is 0.189 e. The Bertz CT molecular complexity index is 356. The normalized spacial score (nSPS) is 10.9. The molecule has 1 N–H and O–H groups in total. The molecule has 4 heteroatoms. The quantitative estimate of drug-likeness (QED) is 0.587. The van der Waals surface area contributed by atoms with Crippen LogP contribution in [0.5, 0.6) is 5.75 Å². The summed E-state index contributed by atoms with van der Waals surface area (Å²) in [7, 11) is 0. The summed E-state index contributed by atoms with van der Waals surface area (Å²) in [6.45, 7) is 9.09. The minimum absolute atomic E-state index is 0.288. The fraction of sp³-hybridized carbons (Fsp3) is 0.571. The molecule has 0 unspecified atom stereocenters. The van der Waals surface area contributed by atoms with Crippen LogP contribution >= 0.6 is 15.9 Å². The molecule has 0 saturated carbocycles. The summed E-state index contributed by atoms with van der Waals surface area (Å²) >= 11 is 3.51. The standard InChI is InChI=1S/C14H22BrNO2/c1-4-17-10-18-14-12(6-5-7-13(14)15)9-16-8-11(2)3/h5-7,11,16H,4,8-10H2,1-3H3. The van der Waals surface area contributed by atoms with Gasteiger partial charge in [-0.15, -0.1) is 0 Å². The average Bonchev–Trinajstić information content (AvgIpc) is 2.32. The number of benzene rings is 1. The van der Waals surface area contributed by atoms with Crippen LogP contribution < -0.4 is 10.1 Å². The van der Waals surface area contributed by atoms with Crippen molar-refractivity contribution < 1.29 is 9.47 Å². The zero-order valence-electron chi connectivity index (χ0n) is 11.3. The lowest BCUT2D eigenvalue weighted by Crippen LogP contribution is -2.19. The first-order valence-electron chi connectivity index (χ1n) is 6.33. The third-order valence-corrected chi connectivity index (χ3v) is 3.03. The fourth-order valence-corrected chi connectivity index (χ4v) is 2.06. The third kappa shape index (κ3) is 5.38. The summed E-state index contributed by atoms with van der Waals surface area (Å²) in [6, 6.07) is 6.07. The molecule has 0 heterocycles. The zero-order valence-corrected chi connectivity index (χ0v) is 12.9. The number of hydrogen-bond donors (Lipinski definition) is 1. The first-order valence-corrected chi connectivity index (χ1v) is 7.13. The van der Waals surface area contributed by atoms with Crippen molar-refractivity contribution in [1.82, 2.24) is 5.32 Å². The van der Waals surface area contributed by atoms with Crippen LogP contribution in [0.25, 0.3) is 0 Å². The Labute approximate surface area is 118 Å². The van der Waals surface area contributed by atoms with Gasteiger partial charge in [0.2, 0.25) is 0 Å². The van der Waals surface area contributed by atoms with Gasteiger partial charge in [0.15, 0.2) is 6.79 Å². The fourth-order valence-electron chi connectivity index (χ4n) is 1.53. The van der Waals surface area contributed by atoms with E-state index in [1.165, 1.54) is 0 Å². The molecule has 0 aliphatic heterocycles. The Morgan fingerprint density at radius 1 is 1.33 bits per heavy atom. The Balaban J connectivity index is 2.61. The molecule has 0 atom stereocenters. The van der Waals surface area contributed by atoms with Crippen molar-refractivity contribution >= 4 is 15.9 Å². The molecule has 18 heavy (non-hydrogen) atoms. The minimum Gasteiger partial charge on any atom is -0.466 e. The number of para-hydroxylation sites is 1. The Hall–Kier alpha value is -0.580. The van der Waals surface area contributed by atoms with Gasteiger partial charge in [-0.3, -0.25) is 0 Å². The van der Waals surface area contributed by atoms with E-state index in [1.807, 2.05) is 19.1 Å². The van der Waals surface area contributed by atoms with Gasteiger partial charge in [-0.25, -0.2) is 0 Å². The molecule has 0 saturated heterocycles. The molecular formula is C14H22BrNO2. The van der Waals surface area contributed by atoms with Gasteiger partial charge < -0.3 is 14.8 Å². The lowest BCUT2D eigenvalue weighted by Gasteiger charge is -2.14. The SMILES string of the molecule is CCOCOc1c(Br)cccc1CNCC(C)C. The molecule has 0 aliphatic rings. The third-order valence-electron chi connectivity index (χ3n) is 2.41. The van der Waals surface area contributed by atoms with Crippen LogP contribution in [0.3, 0.4) is 0 Å². The van der Waals surface area contributed by atoms with Crippen molar-refractivity contribution in [1.29, 1.82) is 0 Å². The number of halogens is 1. The summed E-state index contributed by atoms with van der Waals surface area (Å²) in [5, 5.41) is 3.42. The summed E-state index contributed by atoms with van der Waals surface area (Å²) < 4.78 is 11.8. The van der Waals surface area contributed by atoms with Crippen molar-refractivity contribution in [2.24, 2.45) is 5.92 Å². The maximum atomic E-state index is 5.66. The highest BCUT2D eigenvalue weighted by Crippen LogP contribution is 2.29. The average molecular weight is 316 g/mol. The maximum Gasteiger partial charge on any atom is 0.189 e. The van der Waals surface area contributed by atoms with E-state index in [-0.39, 0.29) is 6.79 Å². The largest absolute Gasteiger partial charge is 0.466 e. The van der Waals surface area contributed by atoms with E-state index in [9.17, 15) is 0 Å². The summed E-state index contributed by atoms with van der Waals surface area (Å²) in [4.78, 5) is 0. The molecule has 102 valence electrons. The predicted molar refractivity (Wildman–Crippen MR) is 77.8 cm³/mol. The van der Waals surface area contributed by atoms with Crippen molar-refractivity contribution in [3.8, 4) is 5.75 Å². The molecule has 1 aromatic rings. The van der Waals surface area contributed by atoms with E-state index in [0.717, 1.165) is 28.9 Å². The number of rotatable bonds is 8. The van der Waals surface area contributed by atoms with Crippen molar-refractivity contribution in [3.63, 3.8) is 0 Å². The lowest BCUT2D eigenvalue weighted by molar-refractivity contribution is 0.0213. The van der Waals surface area contributed by atoms with Gasteiger partial charge in [-0.1, -0.05) is 26.0 Å². The number of nitrogens with one attached hydrogen (secondary N) is 1. The van der Waals surface area contributed by atoms with Crippen LogP contribution in [0, 0.1) is 5.92 Å². The Morgan fingerprint density at radius 2 is 2.11 bits per heavy atom. The van der Waals surface area contributed by atoms with Crippen LogP contribution in [-0.2, 0) is 11.3 Å². The summed E-state index contributed by atoms with van der Waals surface area (Å²) in [5.41, 5.74) is 1.14. The monoisotopic (exact) mass is 315 g/mol. The van der Waals surface area contributed by atoms with E-state index in [1.54, 1.807) is 0 Å². The topological polar surface area (TPSA) is 30.5 Å². The highest BCUT2D eigenvalue weighted by atomic mass is 79.9. The molecule has 1 aromatic carbocycles. The van der Waals surface area contributed by atoms with Crippen molar-refractivity contribution in [2.45, 2.75) is 27.3 Å². The Kier molecular flexibility index (Phi) is 7.32. The molecule has 3 nitrogen and oxygen atoms in total. The summed E-state index contributed by atoms with van der Waals surface area (Å²) in [6.07, 6.45) is 0. The molecule has 0 bridgehead atoms. The van der Waals surface area contributed by atoms with Crippen LogP contribution in [0.15, 0.2) is 22.7 Å². The maximum absolute atomic E-state index is 5.66. The van der Waals surface area contributed by atoms with Gasteiger partial charge >= 0.3 is 0 Å². The van der Waals surface area contributed by atoms with Crippen LogP contribution in [0.2, 0.25) is 0 Å². The van der Waals surface area contributed by atoms with E-state index < -0.39 is 0 Å². The van der Waals surface area contributed by atoms with Gasteiger partial charge in [-0.2, -0.15) is 0 Å². The molecule has 0 radical (unpaired) electrons. The van der Waals surface area contributed by atoms with Gasteiger partial charge in [-0.05, 0) is 41.4 Å². The van der Waals surface area contributed by atoms with E-state index in [2.05, 4.69) is 41.2 Å². The second-order valence-electron chi connectivity index (χ2n) is 4.51. The number of hydrogen-bond acceptors (Lipinski definition) is 3. The predicted octanol–water partition coefficient (Wildman–Crippen LogP) is 3.57. The van der Waals surface area contributed by atoms with E-state index >= 15 is 0 Å². The molecule has 0 fully saturated rings.